The van der Waals surface area contributed by atoms with Crippen molar-refractivity contribution in [1.82, 2.24) is 9.97 Å². The standard InChI is InChI=1S/C12H10N2O4/c15-7-17-9-1-3-13-11(5-9)12-6-10(18-8-16)2-4-14-12/h1-7,16H,8H2. The average molecular weight is 246 g/mol. The second kappa shape index (κ2) is 5.74. The molecule has 0 atom stereocenters. The van der Waals surface area contributed by atoms with E-state index in [1.807, 2.05) is 0 Å². The number of aliphatic hydroxyl groups excluding tert-OH is 1. The normalized spacial score (nSPS) is 9.83. The van der Waals surface area contributed by atoms with Crippen LogP contribution in [0.1, 0.15) is 0 Å². The van der Waals surface area contributed by atoms with Crippen LogP contribution in [0.3, 0.4) is 0 Å². The molecule has 6 heteroatoms. The third-order valence-electron chi connectivity index (χ3n) is 2.14. The van der Waals surface area contributed by atoms with Gasteiger partial charge in [-0.15, -0.1) is 0 Å². The Morgan fingerprint density at radius 3 is 2.33 bits per heavy atom. The molecule has 0 spiro atoms. The van der Waals surface area contributed by atoms with Crippen molar-refractivity contribution >= 4 is 6.47 Å². The van der Waals surface area contributed by atoms with Crippen LogP contribution in [-0.2, 0) is 4.79 Å². The smallest absolute Gasteiger partial charge is 0.298 e. The molecule has 2 rings (SSSR count). The quantitative estimate of drug-likeness (QED) is 0.626. The van der Waals surface area contributed by atoms with Crippen LogP contribution >= 0.6 is 0 Å². The highest BCUT2D eigenvalue weighted by molar-refractivity contribution is 5.59. The Bertz CT molecular complexity index is 545. The maximum absolute atomic E-state index is 10.3. The molecule has 18 heavy (non-hydrogen) atoms. The van der Waals surface area contributed by atoms with E-state index in [0.717, 1.165) is 0 Å². The number of carbonyl (C=O) groups excluding carboxylic acids is 1. The number of carbonyl (C=O) groups is 1. The monoisotopic (exact) mass is 246 g/mol. The highest BCUT2D eigenvalue weighted by Crippen LogP contribution is 2.22. The largest absolute Gasteiger partial charge is 0.468 e. The molecule has 0 bridgehead atoms. The summed E-state index contributed by atoms with van der Waals surface area (Å²) < 4.78 is 9.67. The number of aromatic nitrogens is 2. The minimum Gasteiger partial charge on any atom is -0.468 e. The summed E-state index contributed by atoms with van der Waals surface area (Å²) in [6.45, 7) is -0.0665. The van der Waals surface area contributed by atoms with Gasteiger partial charge >= 0.3 is 0 Å². The van der Waals surface area contributed by atoms with Crippen molar-refractivity contribution in [3.05, 3.63) is 36.7 Å². The van der Waals surface area contributed by atoms with Crippen LogP contribution in [0.15, 0.2) is 36.7 Å². The predicted octanol–water partition coefficient (Wildman–Crippen LogP) is 1.01. The lowest BCUT2D eigenvalue weighted by Crippen LogP contribution is -1.96. The molecule has 0 aliphatic heterocycles. The number of rotatable bonds is 5. The van der Waals surface area contributed by atoms with Crippen molar-refractivity contribution in [2.45, 2.75) is 0 Å². The third-order valence-corrected chi connectivity index (χ3v) is 2.14. The highest BCUT2D eigenvalue weighted by Gasteiger charge is 2.04. The van der Waals surface area contributed by atoms with E-state index in [0.29, 0.717) is 29.4 Å². The molecule has 0 saturated heterocycles. The number of ether oxygens (including phenoxy) is 2. The average Bonchev–Trinajstić information content (AvgIpc) is 2.40. The zero-order chi connectivity index (χ0) is 12.8. The highest BCUT2D eigenvalue weighted by atomic mass is 16.6. The number of pyridine rings is 2. The van der Waals surface area contributed by atoms with Crippen LogP contribution in [0.25, 0.3) is 11.4 Å². The van der Waals surface area contributed by atoms with Crippen LogP contribution in [0.4, 0.5) is 0 Å². The molecular weight excluding hydrogens is 236 g/mol. The zero-order valence-electron chi connectivity index (χ0n) is 9.31. The first-order valence-corrected chi connectivity index (χ1v) is 5.10. The zero-order valence-corrected chi connectivity index (χ0v) is 9.31. The predicted molar refractivity (Wildman–Crippen MR) is 61.9 cm³/mol. The lowest BCUT2D eigenvalue weighted by Gasteiger charge is -2.05. The Hall–Kier alpha value is -2.47. The van der Waals surface area contributed by atoms with Crippen LogP contribution in [0, 0.1) is 0 Å². The number of hydrogen-bond donors (Lipinski definition) is 1. The van der Waals surface area contributed by atoms with E-state index in [-0.39, 0.29) is 0 Å². The second-order valence-corrected chi connectivity index (χ2v) is 3.24. The molecule has 1 N–H and O–H groups in total. The van der Waals surface area contributed by atoms with E-state index >= 15 is 0 Å². The Kier molecular flexibility index (Phi) is 3.83. The van der Waals surface area contributed by atoms with Gasteiger partial charge in [-0.2, -0.15) is 0 Å². The molecule has 0 fully saturated rings. The van der Waals surface area contributed by atoms with Crippen molar-refractivity contribution in [2.75, 3.05) is 6.79 Å². The van der Waals surface area contributed by atoms with Gasteiger partial charge in [0.1, 0.15) is 11.5 Å². The second-order valence-electron chi connectivity index (χ2n) is 3.24. The van der Waals surface area contributed by atoms with E-state index in [2.05, 4.69) is 9.97 Å². The van der Waals surface area contributed by atoms with Crippen LogP contribution in [0.5, 0.6) is 11.5 Å². The SMILES string of the molecule is O=COc1ccnc(-c2cc(OCO)ccn2)c1. The summed E-state index contributed by atoms with van der Waals surface area (Å²) in [6.07, 6.45) is 3.05. The van der Waals surface area contributed by atoms with Gasteiger partial charge in [0.15, 0.2) is 6.79 Å². The molecule has 2 aromatic heterocycles. The fourth-order valence-corrected chi connectivity index (χ4v) is 1.40. The number of nitrogens with zero attached hydrogens (tertiary/aromatic N) is 2. The molecule has 0 radical (unpaired) electrons. The summed E-state index contributed by atoms with van der Waals surface area (Å²) in [6, 6.07) is 6.39. The fraction of sp³-hybridized carbons (Fsp3) is 0.0833. The van der Waals surface area contributed by atoms with Gasteiger partial charge in [-0.1, -0.05) is 0 Å². The Balaban J connectivity index is 2.32. The number of hydrogen-bond acceptors (Lipinski definition) is 6. The fourth-order valence-electron chi connectivity index (χ4n) is 1.40. The lowest BCUT2D eigenvalue weighted by molar-refractivity contribution is -0.120. The molecule has 92 valence electrons. The molecule has 0 aliphatic carbocycles. The minimum atomic E-state index is -0.412. The molecule has 0 aliphatic rings. The Morgan fingerprint density at radius 1 is 1.11 bits per heavy atom. The topological polar surface area (TPSA) is 81.5 Å². The molecular formula is C12H10N2O4. The molecule has 0 saturated carbocycles. The van der Waals surface area contributed by atoms with Crippen molar-refractivity contribution in [3.8, 4) is 22.9 Å². The molecule has 0 aromatic carbocycles. The van der Waals surface area contributed by atoms with Crippen molar-refractivity contribution < 1.29 is 19.4 Å². The summed E-state index contributed by atoms with van der Waals surface area (Å²) >= 11 is 0. The molecule has 6 nitrogen and oxygen atoms in total. The van der Waals surface area contributed by atoms with Crippen molar-refractivity contribution in [3.63, 3.8) is 0 Å². The van der Waals surface area contributed by atoms with Crippen LogP contribution in [-0.4, -0.2) is 28.3 Å². The van der Waals surface area contributed by atoms with Crippen molar-refractivity contribution in [2.24, 2.45) is 0 Å². The van der Waals surface area contributed by atoms with Crippen LogP contribution < -0.4 is 9.47 Å². The maximum atomic E-state index is 10.3. The summed E-state index contributed by atoms with van der Waals surface area (Å²) in [5.41, 5.74) is 1.09. The first kappa shape index (κ1) is 12.0. The van der Waals surface area contributed by atoms with Gasteiger partial charge in [-0.05, 0) is 12.1 Å². The summed E-state index contributed by atoms with van der Waals surface area (Å²) in [7, 11) is 0. The third kappa shape index (κ3) is 2.80. The maximum Gasteiger partial charge on any atom is 0.298 e. The molecule has 2 heterocycles. The van der Waals surface area contributed by atoms with Gasteiger partial charge in [0.25, 0.3) is 6.47 Å². The summed E-state index contributed by atoms with van der Waals surface area (Å²) in [5.74, 6) is 0.858. The van der Waals surface area contributed by atoms with Gasteiger partial charge in [-0.3, -0.25) is 14.8 Å². The summed E-state index contributed by atoms with van der Waals surface area (Å²) in [4.78, 5) is 18.5. The minimum absolute atomic E-state index is 0.345. The van der Waals surface area contributed by atoms with Gasteiger partial charge in [0.05, 0.1) is 11.4 Å². The van der Waals surface area contributed by atoms with E-state index in [1.165, 1.54) is 12.4 Å². The van der Waals surface area contributed by atoms with Crippen molar-refractivity contribution in [1.29, 1.82) is 0 Å². The van der Waals surface area contributed by atoms with Gasteiger partial charge in [0.2, 0.25) is 0 Å². The van der Waals surface area contributed by atoms with E-state index in [9.17, 15) is 4.79 Å². The first-order chi connectivity index (χ1) is 8.83. The molecule has 0 amide bonds. The van der Waals surface area contributed by atoms with Gasteiger partial charge in [0, 0.05) is 24.5 Å². The van der Waals surface area contributed by atoms with E-state index in [4.69, 9.17) is 14.6 Å². The Labute approximate surface area is 103 Å². The summed E-state index contributed by atoms with van der Waals surface area (Å²) in [5, 5.41) is 8.68. The number of aliphatic hydroxyl groups is 1. The Morgan fingerprint density at radius 2 is 1.72 bits per heavy atom. The molecule has 2 aromatic rings. The van der Waals surface area contributed by atoms with Crippen LogP contribution in [0.2, 0.25) is 0 Å². The lowest BCUT2D eigenvalue weighted by atomic mass is 10.2. The van der Waals surface area contributed by atoms with E-state index in [1.54, 1.807) is 24.3 Å². The molecule has 0 unspecified atom stereocenters. The van der Waals surface area contributed by atoms with Gasteiger partial charge in [-0.25, -0.2) is 0 Å². The first-order valence-electron chi connectivity index (χ1n) is 5.10. The van der Waals surface area contributed by atoms with E-state index < -0.39 is 6.79 Å². The van der Waals surface area contributed by atoms with Gasteiger partial charge < -0.3 is 14.6 Å².